The third-order valence-electron chi connectivity index (χ3n) is 5.91. The normalized spacial score (nSPS) is 25.8. The largest absolute Gasteiger partial charge is 0.390 e. The van der Waals surface area contributed by atoms with Crippen LogP contribution in [0.1, 0.15) is 30.4 Å². The summed E-state index contributed by atoms with van der Waals surface area (Å²) in [6.45, 7) is -0.301. The molecular formula is C20H27N5O5S. The zero-order valence-corrected chi connectivity index (χ0v) is 17.8. The third-order valence-corrected chi connectivity index (χ3v) is 6.37. The molecule has 1 aromatic heterocycles. The molecule has 11 heteroatoms. The molecule has 0 unspecified atom stereocenters. The van der Waals surface area contributed by atoms with Crippen LogP contribution in [0.3, 0.4) is 0 Å². The van der Waals surface area contributed by atoms with Gasteiger partial charge >= 0.3 is 10.3 Å². The van der Waals surface area contributed by atoms with Crippen molar-refractivity contribution in [2.75, 3.05) is 17.2 Å². The highest BCUT2D eigenvalue weighted by atomic mass is 32.2. The fourth-order valence-corrected chi connectivity index (χ4v) is 4.71. The van der Waals surface area contributed by atoms with Crippen LogP contribution >= 0.6 is 0 Å². The van der Waals surface area contributed by atoms with E-state index in [1.54, 1.807) is 6.07 Å². The van der Waals surface area contributed by atoms with Gasteiger partial charge in [0.05, 0.1) is 18.8 Å². The van der Waals surface area contributed by atoms with Crippen molar-refractivity contribution in [1.29, 1.82) is 0 Å². The number of aryl methyl sites for hydroxylation is 1. The van der Waals surface area contributed by atoms with Gasteiger partial charge in [-0.3, -0.25) is 4.18 Å². The van der Waals surface area contributed by atoms with Crippen molar-refractivity contribution in [1.82, 2.24) is 9.97 Å². The molecule has 6 N–H and O–H groups in total. The molecule has 0 bridgehead atoms. The molecule has 0 aliphatic heterocycles. The number of hydrogen-bond donors (Lipinski definition) is 5. The number of aliphatic hydroxyl groups excluding tert-OH is 2. The van der Waals surface area contributed by atoms with Crippen molar-refractivity contribution in [2.24, 2.45) is 11.1 Å². The molecule has 1 aromatic carbocycles. The van der Waals surface area contributed by atoms with E-state index in [0.29, 0.717) is 11.6 Å². The number of nitrogens with zero attached hydrogens (tertiary/aromatic N) is 2. The molecule has 168 valence electrons. The molecule has 1 fully saturated rings. The smallest absolute Gasteiger partial charge is 0.333 e. The lowest BCUT2D eigenvalue weighted by Gasteiger charge is -2.21. The van der Waals surface area contributed by atoms with Crippen molar-refractivity contribution in [2.45, 2.75) is 50.4 Å². The van der Waals surface area contributed by atoms with Crippen molar-refractivity contribution in [3.05, 3.63) is 41.7 Å². The maximum Gasteiger partial charge on any atom is 0.333 e. The first-order valence-corrected chi connectivity index (χ1v) is 11.8. The molecule has 4 rings (SSSR count). The quantitative estimate of drug-likeness (QED) is 0.413. The van der Waals surface area contributed by atoms with Crippen LogP contribution < -0.4 is 15.8 Å². The first-order chi connectivity index (χ1) is 14.8. The molecule has 2 aromatic rings. The van der Waals surface area contributed by atoms with Crippen LogP contribution in [0.5, 0.6) is 0 Å². The molecule has 0 saturated heterocycles. The number of anilines is 3. The number of aromatic nitrogens is 2. The number of aliphatic hydroxyl groups is 2. The molecule has 1 saturated carbocycles. The minimum Gasteiger partial charge on any atom is -0.390 e. The zero-order valence-electron chi connectivity index (χ0n) is 16.9. The van der Waals surface area contributed by atoms with Gasteiger partial charge in [0.15, 0.2) is 0 Å². The molecule has 31 heavy (non-hydrogen) atoms. The van der Waals surface area contributed by atoms with Gasteiger partial charge in [-0.25, -0.2) is 15.1 Å². The number of rotatable bonds is 7. The second kappa shape index (κ2) is 9.05. The highest BCUT2D eigenvalue weighted by molar-refractivity contribution is 7.84. The topological polar surface area (TPSA) is 160 Å². The number of nitrogens with one attached hydrogen (secondary N) is 2. The Balaban J connectivity index is 1.43. The van der Waals surface area contributed by atoms with Gasteiger partial charge in [0.1, 0.15) is 24.1 Å². The Bertz CT molecular complexity index is 1030. The van der Waals surface area contributed by atoms with E-state index in [2.05, 4.69) is 30.9 Å². The summed E-state index contributed by atoms with van der Waals surface area (Å²) in [4.78, 5) is 8.49. The third kappa shape index (κ3) is 5.31. The monoisotopic (exact) mass is 449 g/mol. The summed E-state index contributed by atoms with van der Waals surface area (Å²) in [7, 11) is -4.11. The van der Waals surface area contributed by atoms with Crippen LogP contribution in [-0.4, -0.2) is 53.5 Å². The van der Waals surface area contributed by atoms with Crippen LogP contribution in [0.25, 0.3) is 0 Å². The summed E-state index contributed by atoms with van der Waals surface area (Å²) in [5.41, 5.74) is 3.70. The van der Waals surface area contributed by atoms with E-state index in [1.807, 2.05) is 12.1 Å². The van der Waals surface area contributed by atoms with E-state index < -0.39 is 34.5 Å². The highest BCUT2D eigenvalue weighted by Gasteiger charge is 2.42. The Morgan fingerprint density at radius 3 is 2.71 bits per heavy atom. The Kier molecular flexibility index (Phi) is 6.39. The highest BCUT2D eigenvalue weighted by Crippen LogP contribution is 2.31. The van der Waals surface area contributed by atoms with Crippen LogP contribution in [-0.2, 0) is 27.3 Å². The SMILES string of the molecule is NS(=O)(=O)OC[C@H]1C[C@@H](Nc2cc(Nc3cccc4c3CCCC4)ncn2)[C@H](O)[C@@H]1O. The van der Waals surface area contributed by atoms with Crippen molar-refractivity contribution >= 4 is 27.6 Å². The predicted octanol–water partition coefficient (Wildman–Crippen LogP) is 0.841. The van der Waals surface area contributed by atoms with Gasteiger partial charge in [0, 0.05) is 17.7 Å². The second-order valence-electron chi connectivity index (χ2n) is 8.07. The van der Waals surface area contributed by atoms with Crippen molar-refractivity contribution in [3.63, 3.8) is 0 Å². The lowest BCUT2D eigenvalue weighted by atomic mass is 9.90. The van der Waals surface area contributed by atoms with E-state index in [9.17, 15) is 18.6 Å². The molecule has 2 aliphatic carbocycles. The first-order valence-electron chi connectivity index (χ1n) is 10.3. The average Bonchev–Trinajstić information content (AvgIpc) is 3.00. The summed E-state index contributed by atoms with van der Waals surface area (Å²) >= 11 is 0. The molecule has 1 heterocycles. The molecular weight excluding hydrogens is 422 g/mol. The average molecular weight is 450 g/mol. The summed E-state index contributed by atoms with van der Waals surface area (Å²) in [6.07, 6.45) is 3.94. The van der Waals surface area contributed by atoms with E-state index in [4.69, 9.17) is 5.14 Å². The second-order valence-corrected chi connectivity index (χ2v) is 9.29. The molecule has 0 amide bonds. The van der Waals surface area contributed by atoms with Gasteiger partial charge in [-0.2, -0.15) is 8.42 Å². The lowest BCUT2D eigenvalue weighted by molar-refractivity contribution is 0.00778. The Labute approximate surface area is 181 Å². The number of benzene rings is 1. The van der Waals surface area contributed by atoms with Gasteiger partial charge in [0.25, 0.3) is 0 Å². The fourth-order valence-electron chi connectivity index (χ4n) is 4.35. The van der Waals surface area contributed by atoms with Gasteiger partial charge in [-0.15, -0.1) is 0 Å². The number of fused-ring (bicyclic) bond motifs is 1. The Morgan fingerprint density at radius 2 is 1.90 bits per heavy atom. The molecule has 4 atom stereocenters. The zero-order chi connectivity index (χ0) is 22.0. The molecule has 0 radical (unpaired) electrons. The van der Waals surface area contributed by atoms with Gasteiger partial charge in [-0.1, -0.05) is 12.1 Å². The number of nitrogens with two attached hydrogens (primary N) is 1. The standard InChI is InChI=1S/C20H27N5O5S/c21-31(28,29)30-10-13-8-16(20(27)19(13)26)25-18-9-17(22-11-23-18)24-15-7-3-5-12-4-1-2-6-14(12)15/h3,5,7,9,11,13,16,19-20,26-27H,1-2,4,6,8,10H2,(H2,21,28,29)(H2,22,23,24,25)/t13-,16-,19-,20+/m1/s1. The van der Waals surface area contributed by atoms with Gasteiger partial charge in [-0.05, 0) is 49.3 Å². The minimum absolute atomic E-state index is 0.289. The Morgan fingerprint density at radius 1 is 1.13 bits per heavy atom. The van der Waals surface area contributed by atoms with Crippen molar-refractivity contribution < 1.29 is 22.8 Å². The van der Waals surface area contributed by atoms with Crippen molar-refractivity contribution in [3.8, 4) is 0 Å². The fraction of sp³-hybridized carbons (Fsp3) is 0.500. The van der Waals surface area contributed by atoms with Crippen LogP contribution in [0.4, 0.5) is 17.3 Å². The van der Waals surface area contributed by atoms with Gasteiger partial charge in [0.2, 0.25) is 0 Å². The summed E-state index contributed by atoms with van der Waals surface area (Å²) in [5, 5.41) is 31.9. The van der Waals surface area contributed by atoms with E-state index >= 15 is 0 Å². The first kappa shape index (κ1) is 21.9. The van der Waals surface area contributed by atoms with E-state index in [1.165, 1.54) is 30.3 Å². The van der Waals surface area contributed by atoms with Crippen LogP contribution in [0, 0.1) is 5.92 Å². The van der Waals surface area contributed by atoms with Crippen LogP contribution in [0.15, 0.2) is 30.6 Å². The lowest BCUT2D eigenvalue weighted by Crippen LogP contribution is -2.36. The molecule has 10 nitrogen and oxygen atoms in total. The summed E-state index contributed by atoms with van der Waals surface area (Å²) in [5.74, 6) is 0.506. The molecule has 2 aliphatic rings. The predicted molar refractivity (Wildman–Crippen MR) is 115 cm³/mol. The van der Waals surface area contributed by atoms with E-state index in [-0.39, 0.29) is 13.0 Å². The Hall–Kier alpha value is -2.31. The van der Waals surface area contributed by atoms with Crippen LogP contribution in [0.2, 0.25) is 0 Å². The summed E-state index contributed by atoms with van der Waals surface area (Å²) < 4.78 is 26.6. The van der Waals surface area contributed by atoms with E-state index in [0.717, 1.165) is 18.5 Å². The maximum atomic E-state index is 11.0. The van der Waals surface area contributed by atoms with Gasteiger partial charge < -0.3 is 20.8 Å². The summed E-state index contributed by atoms with van der Waals surface area (Å²) in [6, 6.07) is 7.43. The minimum atomic E-state index is -4.11. The number of hydrogen-bond acceptors (Lipinski definition) is 9. The maximum absolute atomic E-state index is 11.0. The molecule has 0 spiro atoms.